The maximum atomic E-state index is 13.5. The quantitative estimate of drug-likeness (QED) is 0.540. The fourth-order valence-electron chi connectivity index (χ4n) is 4.78. The molecule has 2 fully saturated rings. The largest absolute Gasteiger partial charge is 0.368 e. The predicted octanol–water partition coefficient (Wildman–Crippen LogP) is 4.43. The zero-order valence-electron chi connectivity index (χ0n) is 20.1. The molecular formula is C28H26ClFN4O3. The summed E-state index contributed by atoms with van der Waals surface area (Å²) in [6, 6.07) is 21.0. The Kier molecular flexibility index (Phi) is 7.10. The van der Waals surface area contributed by atoms with Crippen LogP contribution in [0.2, 0.25) is 5.02 Å². The third-order valence-electron chi connectivity index (χ3n) is 6.81. The first-order valence-corrected chi connectivity index (χ1v) is 12.5. The van der Waals surface area contributed by atoms with Gasteiger partial charge in [0.05, 0.1) is 22.2 Å². The van der Waals surface area contributed by atoms with Gasteiger partial charge in [0.15, 0.2) is 0 Å². The van der Waals surface area contributed by atoms with Gasteiger partial charge in [0.25, 0.3) is 5.91 Å². The smallest absolute Gasteiger partial charge is 0.256 e. The summed E-state index contributed by atoms with van der Waals surface area (Å²) in [5, 5.41) is 2.77. The minimum Gasteiger partial charge on any atom is -0.368 e. The van der Waals surface area contributed by atoms with Crippen LogP contribution in [0, 0.1) is 11.7 Å². The van der Waals surface area contributed by atoms with Crippen molar-refractivity contribution in [1.29, 1.82) is 0 Å². The van der Waals surface area contributed by atoms with Crippen LogP contribution in [0.3, 0.4) is 0 Å². The molecular weight excluding hydrogens is 495 g/mol. The first kappa shape index (κ1) is 24.8. The fourth-order valence-corrected chi connectivity index (χ4v) is 4.95. The molecule has 2 aliphatic heterocycles. The predicted molar refractivity (Wildman–Crippen MR) is 142 cm³/mol. The van der Waals surface area contributed by atoms with Crippen LogP contribution >= 0.6 is 11.6 Å². The average molecular weight is 521 g/mol. The molecule has 1 atom stereocenters. The Morgan fingerprint density at radius 2 is 1.59 bits per heavy atom. The summed E-state index contributed by atoms with van der Waals surface area (Å²) in [5.41, 5.74) is 2.40. The highest BCUT2D eigenvalue weighted by molar-refractivity contribution is 6.31. The standard InChI is InChI=1S/C28H26ClFN4O3/c29-23-17-21(10-11-24(23)30)34-18-19(16-26(34)35)27(36)31-25-9-5-4-8-22(25)28(37)33-14-12-32(13-15-33)20-6-2-1-3-7-20/h1-11,17,19H,12-16,18H2,(H,31,36). The van der Waals surface area contributed by atoms with Crippen LogP contribution in [0.15, 0.2) is 72.8 Å². The van der Waals surface area contributed by atoms with E-state index in [1.54, 1.807) is 29.2 Å². The number of nitrogens with zero attached hydrogens (tertiary/aromatic N) is 3. The van der Waals surface area contributed by atoms with E-state index in [9.17, 15) is 18.8 Å². The van der Waals surface area contributed by atoms with Crippen LogP contribution in [-0.2, 0) is 9.59 Å². The highest BCUT2D eigenvalue weighted by atomic mass is 35.5. The summed E-state index contributed by atoms with van der Waals surface area (Å²) in [6.45, 7) is 2.73. The lowest BCUT2D eigenvalue weighted by molar-refractivity contribution is -0.122. The molecule has 5 rings (SSSR count). The summed E-state index contributed by atoms with van der Waals surface area (Å²) >= 11 is 5.87. The Morgan fingerprint density at radius 1 is 0.892 bits per heavy atom. The molecule has 0 aromatic heterocycles. The van der Waals surface area contributed by atoms with Gasteiger partial charge in [0.2, 0.25) is 11.8 Å². The Bertz CT molecular complexity index is 1330. The van der Waals surface area contributed by atoms with Crippen molar-refractivity contribution in [1.82, 2.24) is 4.90 Å². The van der Waals surface area contributed by atoms with Gasteiger partial charge in [0.1, 0.15) is 5.82 Å². The maximum absolute atomic E-state index is 13.5. The van der Waals surface area contributed by atoms with Crippen LogP contribution in [-0.4, -0.2) is 55.3 Å². The van der Waals surface area contributed by atoms with Crippen LogP contribution in [0.25, 0.3) is 0 Å². The second kappa shape index (κ2) is 10.6. The van der Waals surface area contributed by atoms with E-state index in [1.165, 1.54) is 23.1 Å². The van der Waals surface area contributed by atoms with Crippen LogP contribution in [0.1, 0.15) is 16.8 Å². The Morgan fingerprint density at radius 3 is 2.32 bits per heavy atom. The number of amides is 3. The molecule has 9 heteroatoms. The number of rotatable bonds is 5. The van der Waals surface area contributed by atoms with Crippen molar-refractivity contribution in [2.24, 2.45) is 5.92 Å². The minimum absolute atomic E-state index is 0.0123. The lowest BCUT2D eigenvalue weighted by Crippen LogP contribution is -2.49. The number of hydrogen-bond acceptors (Lipinski definition) is 4. The molecule has 190 valence electrons. The first-order valence-electron chi connectivity index (χ1n) is 12.2. The Balaban J connectivity index is 1.24. The van der Waals surface area contributed by atoms with Crippen molar-refractivity contribution >= 4 is 46.4 Å². The number of nitrogens with one attached hydrogen (secondary N) is 1. The molecule has 2 heterocycles. The molecule has 2 saturated heterocycles. The number of benzene rings is 3. The summed E-state index contributed by atoms with van der Waals surface area (Å²) in [7, 11) is 0. The molecule has 0 aliphatic carbocycles. The molecule has 3 amide bonds. The van der Waals surface area contributed by atoms with Gasteiger partial charge < -0.3 is 20.0 Å². The van der Waals surface area contributed by atoms with Gasteiger partial charge in [-0.2, -0.15) is 0 Å². The summed E-state index contributed by atoms with van der Waals surface area (Å²) in [4.78, 5) is 44.5. The van der Waals surface area contributed by atoms with Crippen molar-refractivity contribution < 1.29 is 18.8 Å². The van der Waals surface area contributed by atoms with Gasteiger partial charge in [0, 0.05) is 50.5 Å². The van der Waals surface area contributed by atoms with E-state index in [0.29, 0.717) is 30.0 Å². The summed E-state index contributed by atoms with van der Waals surface area (Å²) in [5.74, 6) is -1.93. The van der Waals surface area contributed by atoms with E-state index < -0.39 is 11.7 Å². The number of halogens is 2. The lowest BCUT2D eigenvalue weighted by atomic mass is 10.1. The zero-order chi connectivity index (χ0) is 25.9. The molecule has 0 saturated carbocycles. The van der Waals surface area contributed by atoms with Crippen LogP contribution in [0.5, 0.6) is 0 Å². The highest BCUT2D eigenvalue weighted by Gasteiger charge is 2.36. The van der Waals surface area contributed by atoms with Gasteiger partial charge >= 0.3 is 0 Å². The number of para-hydroxylation sites is 2. The molecule has 3 aromatic carbocycles. The monoisotopic (exact) mass is 520 g/mol. The van der Waals surface area contributed by atoms with E-state index in [4.69, 9.17) is 11.6 Å². The highest BCUT2D eigenvalue weighted by Crippen LogP contribution is 2.30. The first-order chi connectivity index (χ1) is 17.9. The van der Waals surface area contributed by atoms with Crippen LogP contribution in [0.4, 0.5) is 21.5 Å². The van der Waals surface area contributed by atoms with E-state index >= 15 is 0 Å². The average Bonchev–Trinajstić information content (AvgIpc) is 3.32. The molecule has 3 aromatic rings. The number of anilines is 3. The van der Waals surface area contributed by atoms with Gasteiger partial charge in [-0.1, -0.05) is 41.9 Å². The van der Waals surface area contributed by atoms with E-state index in [2.05, 4.69) is 22.3 Å². The molecule has 2 aliphatic rings. The summed E-state index contributed by atoms with van der Waals surface area (Å²) in [6.07, 6.45) is 0.0123. The lowest BCUT2D eigenvalue weighted by Gasteiger charge is -2.36. The normalized spacial score (nSPS) is 17.7. The van der Waals surface area contributed by atoms with Gasteiger partial charge in [-0.05, 0) is 42.5 Å². The van der Waals surface area contributed by atoms with E-state index in [-0.39, 0.29) is 35.7 Å². The number of carbonyl (C=O) groups excluding carboxylic acids is 3. The van der Waals surface area contributed by atoms with Crippen molar-refractivity contribution in [3.05, 3.63) is 89.2 Å². The van der Waals surface area contributed by atoms with Crippen molar-refractivity contribution in [3.63, 3.8) is 0 Å². The second-order valence-electron chi connectivity index (χ2n) is 9.15. The third-order valence-corrected chi connectivity index (χ3v) is 7.10. The Hall–Kier alpha value is -3.91. The van der Waals surface area contributed by atoms with Crippen LogP contribution < -0.4 is 15.1 Å². The maximum Gasteiger partial charge on any atom is 0.256 e. The number of carbonyl (C=O) groups is 3. The van der Waals surface area contributed by atoms with E-state index in [1.807, 2.05) is 18.2 Å². The second-order valence-corrected chi connectivity index (χ2v) is 9.56. The molecule has 0 radical (unpaired) electrons. The van der Waals surface area contributed by atoms with Crippen molar-refractivity contribution in [2.75, 3.05) is 47.8 Å². The van der Waals surface area contributed by atoms with Crippen molar-refractivity contribution in [3.8, 4) is 0 Å². The molecule has 1 N–H and O–H groups in total. The molecule has 1 unspecified atom stereocenters. The van der Waals surface area contributed by atoms with Crippen molar-refractivity contribution in [2.45, 2.75) is 6.42 Å². The van der Waals surface area contributed by atoms with E-state index in [0.717, 1.165) is 18.8 Å². The third kappa shape index (κ3) is 5.29. The number of hydrogen-bond donors (Lipinski definition) is 1. The topological polar surface area (TPSA) is 73.0 Å². The Labute approximate surface area is 219 Å². The zero-order valence-corrected chi connectivity index (χ0v) is 20.8. The molecule has 7 nitrogen and oxygen atoms in total. The minimum atomic E-state index is -0.617. The van der Waals surface area contributed by atoms with Gasteiger partial charge in [-0.3, -0.25) is 14.4 Å². The fraction of sp³-hybridized carbons (Fsp3) is 0.250. The molecule has 0 bridgehead atoms. The van der Waals surface area contributed by atoms with Gasteiger partial charge in [-0.25, -0.2) is 4.39 Å². The molecule has 37 heavy (non-hydrogen) atoms. The molecule has 0 spiro atoms. The van der Waals surface area contributed by atoms with Gasteiger partial charge in [-0.15, -0.1) is 0 Å². The summed E-state index contributed by atoms with van der Waals surface area (Å²) < 4.78 is 13.5. The SMILES string of the molecule is O=C(Nc1ccccc1C(=O)N1CCN(c2ccccc2)CC1)C1CC(=O)N(c2ccc(F)c(Cl)c2)C1. The number of piperazine rings is 1.